The molecule has 4 N–H and O–H groups in total. The number of pyridine rings is 1. The highest BCUT2D eigenvalue weighted by molar-refractivity contribution is 6.31. The number of hydrogen-bond donors (Lipinski definition) is 4. The number of carbonyl (C=O) groups is 1. The van der Waals surface area contributed by atoms with Crippen molar-refractivity contribution in [2.45, 2.75) is 27.3 Å². The van der Waals surface area contributed by atoms with Crippen LogP contribution < -0.4 is 15.8 Å². The molecule has 2 aromatic rings. The first-order valence-corrected chi connectivity index (χ1v) is 9.40. The van der Waals surface area contributed by atoms with Crippen molar-refractivity contribution in [1.29, 1.82) is 0 Å². The second-order valence-electron chi connectivity index (χ2n) is 6.66. The van der Waals surface area contributed by atoms with E-state index in [1.165, 1.54) is 0 Å². The molecule has 0 spiro atoms. The molecule has 0 atom stereocenters. The quantitative estimate of drug-likeness (QED) is 0.532. The van der Waals surface area contributed by atoms with Crippen molar-refractivity contribution in [3.05, 3.63) is 61.5 Å². The topological polar surface area (TPSA) is 106 Å². The van der Waals surface area contributed by atoms with Gasteiger partial charge in [-0.05, 0) is 50.1 Å². The predicted molar refractivity (Wildman–Crippen MR) is 110 cm³/mol. The van der Waals surface area contributed by atoms with Gasteiger partial charge in [-0.3, -0.25) is 9.59 Å². The van der Waals surface area contributed by atoms with Gasteiger partial charge in [-0.15, -0.1) is 0 Å². The third-order valence-electron chi connectivity index (χ3n) is 4.59. The number of nitrogens with zero attached hydrogens (tertiary/aromatic N) is 1. The van der Waals surface area contributed by atoms with Crippen LogP contribution in [0.4, 0.5) is 5.69 Å². The largest absolute Gasteiger partial charge is 0.395 e. The number of H-pyrrole nitrogens is 1. The summed E-state index contributed by atoms with van der Waals surface area (Å²) in [4.78, 5) is 29.4. The first-order valence-electron chi connectivity index (χ1n) is 9.02. The molecule has 1 aromatic heterocycles. The number of aliphatic hydroxyl groups excluding tert-OH is 2. The fraction of sp³-hybridized carbons (Fsp3) is 0.400. The molecule has 0 radical (unpaired) electrons. The van der Waals surface area contributed by atoms with E-state index in [0.29, 0.717) is 40.5 Å². The number of carbonyl (C=O) groups excluding carboxylic acids is 1. The van der Waals surface area contributed by atoms with Crippen molar-refractivity contribution in [3.8, 4) is 0 Å². The molecular weight excluding hydrogens is 382 g/mol. The number of halogens is 1. The van der Waals surface area contributed by atoms with Gasteiger partial charge in [0.25, 0.3) is 11.5 Å². The zero-order chi connectivity index (χ0) is 20.8. The lowest BCUT2D eigenvalue weighted by atomic mass is 10.0. The summed E-state index contributed by atoms with van der Waals surface area (Å²) in [5.41, 5.74) is 3.58. The highest BCUT2D eigenvalue weighted by Gasteiger charge is 2.18. The fourth-order valence-electron chi connectivity index (χ4n) is 3.19. The van der Waals surface area contributed by atoms with E-state index >= 15 is 0 Å². The predicted octanol–water partition coefficient (Wildman–Crippen LogP) is 1.67. The number of aliphatic hydroxyl groups is 2. The molecule has 1 aromatic carbocycles. The number of aromatic nitrogens is 1. The zero-order valence-corrected chi connectivity index (χ0v) is 17.1. The van der Waals surface area contributed by atoms with Crippen LogP contribution in [0.15, 0.2) is 23.0 Å². The Balaban J connectivity index is 2.29. The Morgan fingerprint density at radius 2 is 1.79 bits per heavy atom. The molecule has 1 heterocycles. The van der Waals surface area contributed by atoms with Crippen LogP contribution >= 0.6 is 11.6 Å². The van der Waals surface area contributed by atoms with Crippen LogP contribution in [-0.2, 0) is 6.54 Å². The minimum Gasteiger partial charge on any atom is -0.395 e. The van der Waals surface area contributed by atoms with Crippen molar-refractivity contribution in [3.63, 3.8) is 0 Å². The maximum absolute atomic E-state index is 12.8. The molecule has 152 valence electrons. The fourth-order valence-corrected chi connectivity index (χ4v) is 3.40. The van der Waals surface area contributed by atoms with Gasteiger partial charge in [0.2, 0.25) is 0 Å². The molecule has 0 aliphatic rings. The molecule has 0 fully saturated rings. The van der Waals surface area contributed by atoms with Crippen LogP contribution in [-0.4, -0.2) is 47.4 Å². The van der Waals surface area contributed by atoms with Crippen LogP contribution in [0.5, 0.6) is 0 Å². The summed E-state index contributed by atoms with van der Waals surface area (Å²) in [7, 11) is 0. The maximum atomic E-state index is 12.8. The van der Waals surface area contributed by atoms with Gasteiger partial charge in [-0.1, -0.05) is 11.6 Å². The number of hydrogen-bond acceptors (Lipinski definition) is 5. The van der Waals surface area contributed by atoms with E-state index in [-0.39, 0.29) is 31.2 Å². The second kappa shape index (κ2) is 9.73. The minimum absolute atomic E-state index is 0.0943. The van der Waals surface area contributed by atoms with Crippen molar-refractivity contribution >= 4 is 23.2 Å². The smallest absolute Gasteiger partial charge is 0.253 e. The first-order chi connectivity index (χ1) is 13.3. The molecule has 7 nitrogen and oxygen atoms in total. The number of nitrogens with one attached hydrogen (secondary N) is 2. The Hall–Kier alpha value is -2.35. The summed E-state index contributed by atoms with van der Waals surface area (Å²) in [6.45, 7) is 5.93. The molecule has 28 heavy (non-hydrogen) atoms. The molecule has 0 aliphatic carbocycles. The number of amides is 1. The van der Waals surface area contributed by atoms with Gasteiger partial charge in [-0.2, -0.15) is 0 Å². The molecular formula is C20H26ClN3O4. The number of benzene rings is 1. The Bertz CT molecular complexity index is 905. The van der Waals surface area contributed by atoms with Crippen molar-refractivity contribution in [2.75, 3.05) is 31.2 Å². The maximum Gasteiger partial charge on any atom is 0.253 e. The summed E-state index contributed by atoms with van der Waals surface area (Å²) in [5.74, 6) is -0.353. The molecule has 0 saturated carbocycles. The summed E-state index contributed by atoms with van der Waals surface area (Å²) in [6.07, 6.45) is 0. The molecule has 0 saturated heterocycles. The Morgan fingerprint density at radius 3 is 2.36 bits per heavy atom. The van der Waals surface area contributed by atoms with E-state index in [9.17, 15) is 19.8 Å². The summed E-state index contributed by atoms with van der Waals surface area (Å²) in [6, 6.07) is 5.12. The van der Waals surface area contributed by atoms with Gasteiger partial charge < -0.3 is 25.4 Å². The average molecular weight is 408 g/mol. The standard InChI is InChI=1S/C20H26ClN3O4/c1-12-8-13(2)23-20(28)17(12)11-22-19(27)16-9-15(21)10-18(14(16)3)24(4-6-25)5-7-26/h8-10,25-26H,4-7,11H2,1-3H3,(H,22,27)(H,23,28). The van der Waals surface area contributed by atoms with Crippen molar-refractivity contribution in [2.24, 2.45) is 0 Å². The third-order valence-corrected chi connectivity index (χ3v) is 4.81. The second-order valence-corrected chi connectivity index (χ2v) is 7.09. The Morgan fingerprint density at radius 1 is 1.14 bits per heavy atom. The number of rotatable bonds is 8. The van der Waals surface area contributed by atoms with E-state index in [0.717, 1.165) is 11.3 Å². The van der Waals surface area contributed by atoms with Gasteiger partial charge in [0.15, 0.2) is 0 Å². The van der Waals surface area contributed by atoms with Crippen LogP contribution in [0.3, 0.4) is 0 Å². The van der Waals surface area contributed by atoms with Gasteiger partial charge in [0, 0.05) is 47.2 Å². The first kappa shape index (κ1) is 21.9. The van der Waals surface area contributed by atoms with Crippen LogP contribution in [0.25, 0.3) is 0 Å². The molecule has 0 bridgehead atoms. The van der Waals surface area contributed by atoms with E-state index in [2.05, 4.69) is 10.3 Å². The lowest BCUT2D eigenvalue weighted by Gasteiger charge is -2.26. The number of aryl methyl sites for hydroxylation is 2. The molecule has 0 aliphatic heterocycles. The van der Waals surface area contributed by atoms with E-state index in [4.69, 9.17) is 11.6 Å². The van der Waals surface area contributed by atoms with E-state index < -0.39 is 0 Å². The van der Waals surface area contributed by atoms with Crippen molar-refractivity contribution in [1.82, 2.24) is 10.3 Å². The molecule has 0 unspecified atom stereocenters. The lowest BCUT2D eigenvalue weighted by molar-refractivity contribution is 0.0950. The summed E-state index contributed by atoms with van der Waals surface area (Å²) in [5, 5.41) is 21.7. The number of aromatic amines is 1. The van der Waals surface area contributed by atoms with Crippen molar-refractivity contribution < 1.29 is 15.0 Å². The van der Waals surface area contributed by atoms with Gasteiger partial charge in [0.1, 0.15) is 0 Å². The van der Waals surface area contributed by atoms with Gasteiger partial charge in [0.05, 0.1) is 13.2 Å². The van der Waals surface area contributed by atoms with Crippen LogP contribution in [0.1, 0.15) is 32.7 Å². The average Bonchev–Trinajstić information content (AvgIpc) is 2.62. The molecule has 1 amide bonds. The van der Waals surface area contributed by atoms with Crippen LogP contribution in [0, 0.1) is 20.8 Å². The summed E-state index contributed by atoms with van der Waals surface area (Å²) < 4.78 is 0. The van der Waals surface area contributed by atoms with Gasteiger partial charge >= 0.3 is 0 Å². The van der Waals surface area contributed by atoms with E-state index in [1.807, 2.05) is 13.0 Å². The monoisotopic (exact) mass is 407 g/mol. The van der Waals surface area contributed by atoms with E-state index in [1.54, 1.807) is 30.9 Å². The molecule has 8 heteroatoms. The third kappa shape index (κ3) is 5.13. The highest BCUT2D eigenvalue weighted by atomic mass is 35.5. The van der Waals surface area contributed by atoms with Crippen LogP contribution in [0.2, 0.25) is 5.02 Å². The zero-order valence-electron chi connectivity index (χ0n) is 16.3. The lowest BCUT2D eigenvalue weighted by Crippen LogP contribution is -2.32. The summed E-state index contributed by atoms with van der Waals surface area (Å²) >= 11 is 6.21. The highest BCUT2D eigenvalue weighted by Crippen LogP contribution is 2.28. The SMILES string of the molecule is Cc1cc(C)c(CNC(=O)c2cc(Cl)cc(N(CCO)CCO)c2C)c(=O)[nH]1. The normalized spacial score (nSPS) is 10.8. The molecule has 2 rings (SSSR count). The van der Waals surface area contributed by atoms with Gasteiger partial charge in [-0.25, -0.2) is 0 Å². The minimum atomic E-state index is -0.353. The number of anilines is 1. The Labute approximate surface area is 169 Å². The Kier molecular flexibility index (Phi) is 7.62.